The van der Waals surface area contributed by atoms with Crippen LogP contribution in [0.5, 0.6) is 5.75 Å². The SMILES string of the molecule is CN1CC[C@H](Oc2ccc(I)cc2)[C@H](F)C1. The first-order valence-electron chi connectivity index (χ1n) is 5.40. The van der Waals surface area contributed by atoms with Crippen molar-refractivity contribution in [2.75, 3.05) is 20.1 Å². The molecule has 0 saturated carbocycles. The molecular formula is C12H15FINO. The van der Waals surface area contributed by atoms with Gasteiger partial charge in [-0.15, -0.1) is 0 Å². The molecule has 88 valence electrons. The second-order valence-corrected chi connectivity index (χ2v) is 5.42. The molecule has 2 nitrogen and oxygen atoms in total. The van der Waals surface area contributed by atoms with Gasteiger partial charge in [-0.3, -0.25) is 0 Å². The van der Waals surface area contributed by atoms with E-state index in [0.29, 0.717) is 6.54 Å². The van der Waals surface area contributed by atoms with Crippen molar-refractivity contribution in [1.29, 1.82) is 0 Å². The summed E-state index contributed by atoms with van der Waals surface area (Å²) >= 11 is 2.24. The van der Waals surface area contributed by atoms with Crippen molar-refractivity contribution >= 4 is 22.6 Å². The lowest BCUT2D eigenvalue weighted by atomic mass is 10.1. The molecule has 2 rings (SSSR count). The number of benzene rings is 1. The minimum absolute atomic E-state index is 0.295. The maximum absolute atomic E-state index is 13.7. The van der Waals surface area contributed by atoms with Crippen molar-refractivity contribution < 1.29 is 9.13 Å². The molecule has 0 N–H and O–H groups in total. The summed E-state index contributed by atoms with van der Waals surface area (Å²) in [5.41, 5.74) is 0. The summed E-state index contributed by atoms with van der Waals surface area (Å²) in [6, 6.07) is 7.73. The molecule has 0 amide bonds. The Kier molecular flexibility index (Phi) is 4.02. The van der Waals surface area contributed by atoms with Gasteiger partial charge in [-0.05, 0) is 60.3 Å². The first-order chi connectivity index (χ1) is 7.65. The number of likely N-dealkylation sites (tertiary alicyclic amines) is 1. The molecule has 0 spiro atoms. The molecule has 0 unspecified atom stereocenters. The van der Waals surface area contributed by atoms with Gasteiger partial charge in [-0.2, -0.15) is 0 Å². The molecule has 1 aliphatic heterocycles. The van der Waals surface area contributed by atoms with Gasteiger partial charge in [0.15, 0.2) is 0 Å². The molecule has 1 aromatic rings. The van der Waals surface area contributed by atoms with Crippen LogP contribution in [-0.2, 0) is 0 Å². The fourth-order valence-electron chi connectivity index (χ4n) is 1.86. The van der Waals surface area contributed by atoms with Crippen LogP contribution < -0.4 is 4.74 Å². The largest absolute Gasteiger partial charge is 0.487 e. The van der Waals surface area contributed by atoms with Crippen molar-refractivity contribution in [2.45, 2.75) is 18.7 Å². The average molecular weight is 335 g/mol. The molecular weight excluding hydrogens is 320 g/mol. The van der Waals surface area contributed by atoms with E-state index in [2.05, 4.69) is 22.6 Å². The van der Waals surface area contributed by atoms with Crippen molar-refractivity contribution in [3.05, 3.63) is 27.8 Å². The number of ether oxygens (including phenoxy) is 1. The smallest absolute Gasteiger partial charge is 0.149 e. The van der Waals surface area contributed by atoms with Crippen LogP contribution in [0.3, 0.4) is 0 Å². The zero-order chi connectivity index (χ0) is 11.5. The summed E-state index contributed by atoms with van der Waals surface area (Å²) in [6.45, 7) is 1.37. The number of alkyl halides is 1. The van der Waals surface area contributed by atoms with Crippen molar-refractivity contribution in [1.82, 2.24) is 4.90 Å². The van der Waals surface area contributed by atoms with E-state index in [9.17, 15) is 4.39 Å². The van der Waals surface area contributed by atoms with E-state index in [1.165, 1.54) is 0 Å². The highest BCUT2D eigenvalue weighted by atomic mass is 127. The normalized spacial score (nSPS) is 26.7. The van der Waals surface area contributed by atoms with E-state index < -0.39 is 6.17 Å². The van der Waals surface area contributed by atoms with Gasteiger partial charge in [0.25, 0.3) is 0 Å². The number of rotatable bonds is 2. The van der Waals surface area contributed by atoms with Gasteiger partial charge in [0.1, 0.15) is 18.0 Å². The summed E-state index contributed by atoms with van der Waals surface area (Å²) in [4.78, 5) is 2.00. The number of piperidine rings is 1. The fraction of sp³-hybridized carbons (Fsp3) is 0.500. The second kappa shape index (κ2) is 5.31. The van der Waals surface area contributed by atoms with Crippen molar-refractivity contribution in [3.63, 3.8) is 0 Å². The highest BCUT2D eigenvalue weighted by molar-refractivity contribution is 14.1. The topological polar surface area (TPSA) is 12.5 Å². The van der Waals surface area contributed by atoms with E-state index in [-0.39, 0.29) is 6.10 Å². The van der Waals surface area contributed by atoms with Crippen LogP contribution in [0.1, 0.15) is 6.42 Å². The molecule has 1 aromatic carbocycles. The Bertz CT molecular complexity index is 343. The Balaban J connectivity index is 1.96. The highest BCUT2D eigenvalue weighted by Crippen LogP contribution is 2.21. The highest BCUT2D eigenvalue weighted by Gasteiger charge is 2.28. The van der Waals surface area contributed by atoms with Gasteiger partial charge >= 0.3 is 0 Å². The van der Waals surface area contributed by atoms with Gasteiger partial charge < -0.3 is 9.64 Å². The minimum Gasteiger partial charge on any atom is -0.487 e. The van der Waals surface area contributed by atoms with Crippen LogP contribution in [0.2, 0.25) is 0 Å². The Morgan fingerprint density at radius 2 is 2.06 bits per heavy atom. The first-order valence-corrected chi connectivity index (χ1v) is 6.48. The molecule has 4 heteroatoms. The number of hydrogen-bond acceptors (Lipinski definition) is 2. The molecule has 16 heavy (non-hydrogen) atoms. The molecule has 0 aliphatic carbocycles. The number of halogens is 2. The molecule has 1 fully saturated rings. The van der Waals surface area contributed by atoms with E-state index in [1.807, 2.05) is 36.2 Å². The third-order valence-electron chi connectivity index (χ3n) is 2.79. The molecule has 1 aliphatic rings. The first kappa shape index (κ1) is 12.1. The van der Waals surface area contributed by atoms with Crippen LogP contribution >= 0.6 is 22.6 Å². The zero-order valence-electron chi connectivity index (χ0n) is 9.20. The maximum atomic E-state index is 13.7. The average Bonchev–Trinajstić information content (AvgIpc) is 2.25. The Labute approximate surface area is 109 Å². The van der Waals surface area contributed by atoms with Gasteiger partial charge in [0.2, 0.25) is 0 Å². The Hall–Kier alpha value is -0.360. The monoisotopic (exact) mass is 335 g/mol. The number of hydrogen-bond donors (Lipinski definition) is 0. The van der Waals surface area contributed by atoms with Crippen LogP contribution in [0.15, 0.2) is 24.3 Å². The number of nitrogens with zero attached hydrogens (tertiary/aromatic N) is 1. The lowest BCUT2D eigenvalue weighted by Gasteiger charge is -2.32. The molecule has 1 saturated heterocycles. The van der Waals surface area contributed by atoms with Gasteiger partial charge in [-0.25, -0.2) is 4.39 Å². The second-order valence-electron chi connectivity index (χ2n) is 4.18. The zero-order valence-corrected chi connectivity index (χ0v) is 11.4. The van der Waals surface area contributed by atoms with Crippen LogP contribution in [0, 0.1) is 3.57 Å². The third kappa shape index (κ3) is 3.07. The predicted molar refractivity (Wildman–Crippen MR) is 70.6 cm³/mol. The van der Waals surface area contributed by atoms with E-state index in [1.54, 1.807) is 0 Å². The van der Waals surface area contributed by atoms with Crippen LogP contribution in [-0.4, -0.2) is 37.3 Å². The molecule has 0 bridgehead atoms. The maximum Gasteiger partial charge on any atom is 0.149 e. The van der Waals surface area contributed by atoms with E-state index >= 15 is 0 Å². The molecule has 2 atom stereocenters. The summed E-state index contributed by atoms with van der Waals surface area (Å²) in [6.07, 6.45) is -0.432. The van der Waals surface area contributed by atoms with Gasteiger partial charge in [0, 0.05) is 16.7 Å². The molecule has 0 aromatic heterocycles. The van der Waals surface area contributed by atoms with Gasteiger partial charge in [0.05, 0.1) is 0 Å². The lowest BCUT2D eigenvalue weighted by Crippen LogP contribution is -2.45. The van der Waals surface area contributed by atoms with Gasteiger partial charge in [-0.1, -0.05) is 0 Å². The lowest BCUT2D eigenvalue weighted by molar-refractivity contribution is 0.0313. The molecule has 0 radical (unpaired) electrons. The summed E-state index contributed by atoms with van der Waals surface area (Å²) in [5, 5.41) is 0. The third-order valence-corrected chi connectivity index (χ3v) is 3.51. The summed E-state index contributed by atoms with van der Waals surface area (Å²) in [5.74, 6) is 0.762. The standard InChI is InChI=1S/C12H15FINO/c1-15-7-6-12(11(13)8-15)16-10-4-2-9(14)3-5-10/h2-5,11-12H,6-8H2,1H3/t11-,12+/m1/s1. The summed E-state index contributed by atoms with van der Waals surface area (Å²) in [7, 11) is 1.94. The van der Waals surface area contributed by atoms with E-state index in [4.69, 9.17) is 4.74 Å². The van der Waals surface area contributed by atoms with Crippen molar-refractivity contribution in [2.24, 2.45) is 0 Å². The predicted octanol–water partition coefficient (Wildman–Crippen LogP) is 2.71. The Morgan fingerprint density at radius 1 is 1.38 bits per heavy atom. The van der Waals surface area contributed by atoms with Crippen molar-refractivity contribution in [3.8, 4) is 5.75 Å². The van der Waals surface area contributed by atoms with E-state index in [0.717, 1.165) is 22.3 Å². The fourth-order valence-corrected chi connectivity index (χ4v) is 2.22. The van der Waals surface area contributed by atoms with Crippen LogP contribution in [0.4, 0.5) is 4.39 Å². The van der Waals surface area contributed by atoms with Crippen LogP contribution in [0.25, 0.3) is 0 Å². The summed E-state index contributed by atoms with van der Waals surface area (Å²) < 4.78 is 20.5. The minimum atomic E-state index is -0.891. The molecule has 1 heterocycles. The Morgan fingerprint density at radius 3 is 2.69 bits per heavy atom. The quantitative estimate of drug-likeness (QED) is 0.771.